The number of nitrogens with zero attached hydrogens (tertiary/aromatic N) is 1. The van der Waals surface area contributed by atoms with Gasteiger partial charge >= 0.3 is 0 Å². The molecule has 0 N–H and O–H groups in total. The average Bonchev–Trinajstić information content (AvgIpc) is 2.79. The van der Waals surface area contributed by atoms with Gasteiger partial charge in [0.2, 0.25) is 0 Å². The Labute approximate surface area is 81.8 Å². The molecule has 70 valence electrons. The third-order valence-corrected chi connectivity index (χ3v) is 2.78. The van der Waals surface area contributed by atoms with E-state index < -0.39 is 0 Å². The Balaban J connectivity index is 2.14. The molecule has 0 spiro atoms. The second-order valence-electron chi connectivity index (χ2n) is 3.74. The maximum atomic E-state index is 7.83. The smallest absolute Gasteiger partial charge is 0.0626 e. The van der Waals surface area contributed by atoms with Crippen LogP contribution in [0.15, 0.2) is 30.3 Å². The monoisotopic (exact) mass is 176 g/mol. The molecule has 1 aliphatic rings. The van der Waals surface area contributed by atoms with Crippen LogP contribution in [0.3, 0.4) is 0 Å². The van der Waals surface area contributed by atoms with Crippen molar-refractivity contribution in [1.29, 1.82) is 0 Å². The Hall–Kier alpha value is -0.820. The maximum Gasteiger partial charge on any atom is 0.0626 e. The highest BCUT2D eigenvalue weighted by Gasteiger charge is 2.43. The first-order valence-corrected chi connectivity index (χ1v) is 5.07. The molecule has 0 amide bonds. The molecule has 0 radical (unpaired) electrons. The summed E-state index contributed by atoms with van der Waals surface area (Å²) in [6.07, 6.45) is 1.20. The molecule has 1 aliphatic heterocycles. The van der Waals surface area contributed by atoms with E-state index in [4.69, 9.17) is 1.37 Å². The summed E-state index contributed by atoms with van der Waals surface area (Å²) in [5.41, 5.74) is 1.19. The van der Waals surface area contributed by atoms with Gasteiger partial charge in [0.25, 0.3) is 0 Å². The van der Waals surface area contributed by atoms with Crippen LogP contribution in [0.4, 0.5) is 0 Å². The molecular weight excluding hydrogens is 158 g/mol. The molecule has 1 heterocycles. The Bertz CT molecular complexity index is 324. The van der Waals surface area contributed by atoms with Crippen molar-refractivity contribution < 1.29 is 1.37 Å². The quantitative estimate of drug-likeness (QED) is 0.640. The number of benzene rings is 1. The Morgan fingerprint density at radius 2 is 2.31 bits per heavy atom. The van der Waals surface area contributed by atoms with E-state index in [2.05, 4.69) is 24.8 Å². The molecule has 1 heteroatoms. The zero-order chi connectivity index (χ0) is 10.1. The summed E-state index contributed by atoms with van der Waals surface area (Å²) < 4.78 is 7.83. The second kappa shape index (κ2) is 3.51. The second-order valence-corrected chi connectivity index (χ2v) is 3.74. The van der Waals surface area contributed by atoms with Gasteiger partial charge < -0.3 is 0 Å². The molecular formula is C12H17N. The van der Waals surface area contributed by atoms with Crippen LogP contribution >= 0.6 is 0 Å². The van der Waals surface area contributed by atoms with E-state index in [1.165, 1.54) is 12.0 Å². The molecule has 0 bridgehead atoms. The largest absolute Gasteiger partial charge is 0.290 e. The Morgan fingerprint density at radius 1 is 1.46 bits per heavy atom. The molecule has 13 heavy (non-hydrogen) atoms. The van der Waals surface area contributed by atoms with Crippen molar-refractivity contribution in [3.63, 3.8) is 0 Å². The summed E-state index contributed by atoms with van der Waals surface area (Å²) >= 11 is 0. The molecule has 3 atom stereocenters. The first kappa shape index (κ1) is 7.57. The van der Waals surface area contributed by atoms with E-state index in [0.717, 1.165) is 6.54 Å². The van der Waals surface area contributed by atoms with Crippen LogP contribution in [-0.2, 0) is 0 Å². The van der Waals surface area contributed by atoms with Gasteiger partial charge in [-0.15, -0.1) is 0 Å². The normalized spacial score (nSPS) is 32.8. The van der Waals surface area contributed by atoms with E-state index in [-0.39, 0.29) is 0 Å². The highest BCUT2D eigenvalue weighted by molar-refractivity contribution is 5.26. The van der Waals surface area contributed by atoms with Crippen LogP contribution < -0.4 is 0 Å². The number of hydrogen-bond donors (Lipinski definition) is 0. The molecule has 2 rings (SSSR count). The van der Waals surface area contributed by atoms with Crippen molar-refractivity contribution in [1.82, 2.24) is 4.90 Å². The molecule has 0 aromatic heterocycles. The predicted octanol–water partition coefficient (Wildman–Crippen LogP) is 2.84. The predicted molar refractivity (Wildman–Crippen MR) is 55.6 cm³/mol. The van der Waals surface area contributed by atoms with E-state index in [1.54, 1.807) is 0 Å². The van der Waals surface area contributed by atoms with Crippen LogP contribution in [0.5, 0.6) is 0 Å². The lowest BCUT2D eigenvalue weighted by molar-refractivity contribution is 0.485. The highest BCUT2D eigenvalue weighted by Crippen LogP contribution is 2.42. The van der Waals surface area contributed by atoms with Gasteiger partial charge in [-0.2, -0.15) is 0 Å². The van der Waals surface area contributed by atoms with Gasteiger partial charge in [0.05, 0.1) is 7.41 Å². The third-order valence-electron chi connectivity index (χ3n) is 2.78. The summed E-state index contributed by atoms with van der Waals surface area (Å²) in [5.74, 6) is 0. The maximum absolute atomic E-state index is 7.83. The summed E-state index contributed by atoms with van der Waals surface area (Å²) in [4.78, 5) is 2.45. The van der Waals surface area contributed by atoms with Gasteiger partial charge in [-0.25, -0.2) is 0 Å². The van der Waals surface area contributed by atoms with Gasteiger partial charge in [0.1, 0.15) is 0 Å². The molecule has 1 fully saturated rings. The molecule has 1 nitrogen and oxygen atoms in total. The van der Waals surface area contributed by atoms with Gasteiger partial charge in [-0.1, -0.05) is 37.2 Å². The highest BCUT2D eigenvalue weighted by atomic mass is 15.3. The van der Waals surface area contributed by atoms with E-state index in [1.807, 2.05) is 18.2 Å². The fraction of sp³-hybridized carbons (Fsp3) is 0.500. The van der Waals surface area contributed by atoms with Crippen LogP contribution in [0.2, 0.25) is 0 Å². The van der Waals surface area contributed by atoms with Crippen LogP contribution in [0, 0.1) is 0 Å². The topological polar surface area (TPSA) is 3.01 Å². The lowest BCUT2D eigenvalue weighted by Crippen LogP contribution is -2.00. The fourth-order valence-corrected chi connectivity index (χ4v) is 2.04. The minimum atomic E-state index is 0.503. The number of hydrogen-bond acceptors (Lipinski definition) is 1. The number of rotatable bonds is 3. The zero-order valence-electron chi connectivity index (χ0n) is 9.33. The van der Waals surface area contributed by atoms with E-state index >= 15 is 0 Å². The fourth-order valence-electron chi connectivity index (χ4n) is 2.04. The van der Waals surface area contributed by atoms with Crippen molar-refractivity contribution in [2.75, 3.05) is 6.54 Å². The first-order valence-electron chi connectivity index (χ1n) is 5.57. The Kier molecular flexibility index (Phi) is 2.04. The molecule has 0 saturated carbocycles. The molecule has 1 aromatic carbocycles. The lowest BCUT2D eigenvalue weighted by atomic mass is 10.1. The van der Waals surface area contributed by atoms with Crippen LogP contribution in [0.25, 0.3) is 0 Å². The molecule has 1 unspecified atom stereocenters. The van der Waals surface area contributed by atoms with Crippen molar-refractivity contribution >= 4 is 0 Å². The standard InChI is InChI=1S/C12H17N/c1-3-9-13-10(2)12(13)11-7-5-4-6-8-11/h4-8,10,12H,3,9H2,1-2H3/t10-,12+,13?/m0/s1/i7D. The summed E-state index contributed by atoms with van der Waals surface area (Å²) in [7, 11) is 0. The van der Waals surface area contributed by atoms with E-state index in [0.29, 0.717) is 18.1 Å². The minimum absolute atomic E-state index is 0.503. The Morgan fingerprint density at radius 3 is 3.00 bits per heavy atom. The van der Waals surface area contributed by atoms with Crippen molar-refractivity contribution in [2.24, 2.45) is 0 Å². The van der Waals surface area contributed by atoms with Gasteiger partial charge in [-0.3, -0.25) is 4.90 Å². The summed E-state index contributed by atoms with van der Waals surface area (Å²) in [6, 6.07) is 9.74. The van der Waals surface area contributed by atoms with Crippen molar-refractivity contribution in [3.8, 4) is 0 Å². The zero-order valence-corrected chi connectivity index (χ0v) is 8.33. The summed E-state index contributed by atoms with van der Waals surface area (Å²) in [6.45, 7) is 5.60. The SMILES string of the molecule is [2H]c1ccccc1[C@H]1[C@H](C)N1CCC. The third kappa shape index (κ3) is 1.61. The van der Waals surface area contributed by atoms with Crippen molar-refractivity contribution in [2.45, 2.75) is 32.4 Å². The molecule has 1 saturated heterocycles. The van der Waals surface area contributed by atoms with Gasteiger partial charge in [0.15, 0.2) is 0 Å². The first-order chi connectivity index (χ1) is 6.75. The van der Waals surface area contributed by atoms with Crippen LogP contribution in [-0.4, -0.2) is 17.5 Å². The van der Waals surface area contributed by atoms with Gasteiger partial charge in [0, 0.05) is 6.04 Å². The lowest BCUT2D eigenvalue weighted by Gasteiger charge is -2.00. The molecule has 0 aliphatic carbocycles. The average molecular weight is 176 g/mol. The van der Waals surface area contributed by atoms with Gasteiger partial charge in [-0.05, 0) is 25.5 Å². The summed E-state index contributed by atoms with van der Waals surface area (Å²) in [5, 5.41) is 0. The van der Waals surface area contributed by atoms with Crippen molar-refractivity contribution in [3.05, 3.63) is 35.9 Å². The van der Waals surface area contributed by atoms with Crippen LogP contribution in [0.1, 0.15) is 33.2 Å². The molecule has 1 aromatic rings. The minimum Gasteiger partial charge on any atom is -0.290 e. The van der Waals surface area contributed by atoms with E-state index in [9.17, 15) is 0 Å².